The first-order chi connectivity index (χ1) is 12.7. The van der Waals surface area contributed by atoms with Crippen molar-refractivity contribution in [3.63, 3.8) is 0 Å². The van der Waals surface area contributed by atoms with Gasteiger partial charge in [0, 0.05) is 6.54 Å². The molecular weight excluding hydrogens is 357 g/mol. The van der Waals surface area contributed by atoms with Gasteiger partial charge in [-0.1, -0.05) is 30.3 Å². The zero-order valence-electron chi connectivity index (χ0n) is 15.5. The number of likely N-dealkylation sites (N-methyl/N-ethyl adjacent to an activating group) is 1. The lowest BCUT2D eigenvalue weighted by Crippen LogP contribution is -2.35. The molecule has 2 rings (SSSR count). The van der Waals surface area contributed by atoms with Crippen LogP contribution in [0.4, 0.5) is 13.2 Å². The maximum absolute atomic E-state index is 12.8. The van der Waals surface area contributed by atoms with Crippen LogP contribution in [-0.2, 0) is 17.4 Å². The zero-order chi connectivity index (χ0) is 20.0. The Bertz CT molecular complexity index is 776. The molecule has 0 aliphatic carbocycles. The van der Waals surface area contributed by atoms with Crippen LogP contribution in [0.25, 0.3) is 0 Å². The smallest absolute Gasteiger partial charge is 0.416 e. The molecule has 1 atom stereocenters. The van der Waals surface area contributed by atoms with Crippen molar-refractivity contribution >= 4 is 5.91 Å². The van der Waals surface area contributed by atoms with E-state index in [1.165, 1.54) is 12.1 Å². The van der Waals surface area contributed by atoms with Crippen molar-refractivity contribution in [3.8, 4) is 5.75 Å². The number of rotatable bonds is 7. The van der Waals surface area contributed by atoms with Crippen LogP contribution in [0.1, 0.15) is 22.7 Å². The maximum atomic E-state index is 12.8. The Morgan fingerprint density at radius 2 is 1.85 bits per heavy atom. The zero-order valence-corrected chi connectivity index (χ0v) is 15.5. The van der Waals surface area contributed by atoms with Crippen LogP contribution in [0.3, 0.4) is 0 Å². The summed E-state index contributed by atoms with van der Waals surface area (Å²) in [6.45, 7) is 0.331. The third-order valence-corrected chi connectivity index (χ3v) is 4.21. The normalized spacial score (nSPS) is 12.7. The van der Waals surface area contributed by atoms with Gasteiger partial charge in [0.2, 0.25) is 5.91 Å². The topological polar surface area (TPSA) is 41.6 Å². The molecule has 0 aromatic heterocycles. The van der Waals surface area contributed by atoms with Crippen molar-refractivity contribution in [2.24, 2.45) is 0 Å². The van der Waals surface area contributed by atoms with Crippen LogP contribution in [-0.4, -0.2) is 38.6 Å². The quantitative estimate of drug-likeness (QED) is 0.797. The summed E-state index contributed by atoms with van der Waals surface area (Å²) in [6.07, 6.45) is -4.53. The van der Waals surface area contributed by atoms with E-state index in [-0.39, 0.29) is 18.4 Å². The molecule has 2 aromatic rings. The highest BCUT2D eigenvalue weighted by Crippen LogP contribution is 2.29. The summed E-state index contributed by atoms with van der Waals surface area (Å²) in [4.78, 5) is 14.2. The third-order valence-electron chi connectivity index (χ3n) is 4.21. The number of nitrogens with one attached hydrogen (secondary N) is 1. The van der Waals surface area contributed by atoms with Crippen LogP contribution in [0.5, 0.6) is 5.75 Å². The molecule has 1 amide bonds. The number of halogens is 3. The molecule has 0 bridgehead atoms. The molecule has 0 fully saturated rings. The van der Waals surface area contributed by atoms with Crippen LogP contribution in [0.15, 0.2) is 48.5 Å². The number of methoxy groups -OCH3 is 1. The molecular formula is C20H23F3N2O2. The van der Waals surface area contributed by atoms with Gasteiger partial charge in [0.25, 0.3) is 0 Å². The first kappa shape index (κ1) is 20.8. The average Bonchev–Trinajstić information content (AvgIpc) is 2.61. The minimum absolute atomic E-state index is 0.0921. The van der Waals surface area contributed by atoms with E-state index >= 15 is 0 Å². The highest BCUT2D eigenvalue weighted by Gasteiger charge is 2.30. The molecule has 0 heterocycles. The van der Waals surface area contributed by atoms with E-state index in [4.69, 9.17) is 4.74 Å². The van der Waals surface area contributed by atoms with Crippen molar-refractivity contribution in [2.45, 2.75) is 18.6 Å². The maximum Gasteiger partial charge on any atom is 0.416 e. The average molecular weight is 380 g/mol. The van der Waals surface area contributed by atoms with E-state index in [1.807, 2.05) is 43.3 Å². The predicted octanol–water partition coefficient (Wildman–Crippen LogP) is 3.68. The van der Waals surface area contributed by atoms with Gasteiger partial charge in [-0.3, -0.25) is 4.79 Å². The van der Waals surface area contributed by atoms with E-state index in [9.17, 15) is 18.0 Å². The van der Waals surface area contributed by atoms with Crippen molar-refractivity contribution in [3.05, 3.63) is 65.2 Å². The highest BCUT2D eigenvalue weighted by molar-refractivity contribution is 5.78. The van der Waals surface area contributed by atoms with Crippen LogP contribution in [0, 0.1) is 0 Å². The van der Waals surface area contributed by atoms with Crippen LogP contribution < -0.4 is 10.1 Å². The summed E-state index contributed by atoms with van der Waals surface area (Å²) in [7, 11) is 5.37. The van der Waals surface area contributed by atoms with E-state index in [0.29, 0.717) is 12.1 Å². The third kappa shape index (κ3) is 5.99. The van der Waals surface area contributed by atoms with Gasteiger partial charge in [-0.15, -0.1) is 0 Å². The fourth-order valence-electron chi connectivity index (χ4n) is 2.76. The Labute approximate surface area is 156 Å². The molecule has 0 saturated carbocycles. The molecule has 0 aliphatic heterocycles. The van der Waals surface area contributed by atoms with Crippen molar-refractivity contribution in [1.29, 1.82) is 0 Å². The molecule has 7 heteroatoms. The van der Waals surface area contributed by atoms with Crippen molar-refractivity contribution in [2.75, 3.05) is 27.7 Å². The van der Waals surface area contributed by atoms with Gasteiger partial charge in [0.1, 0.15) is 5.75 Å². The van der Waals surface area contributed by atoms with E-state index in [2.05, 4.69) is 5.32 Å². The molecule has 0 radical (unpaired) electrons. The molecule has 146 valence electrons. The SMILES string of the molecule is COc1cccc(C(CNC(=O)Cc2cccc(C(F)(F)F)c2)N(C)C)c1. The van der Waals surface area contributed by atoms with Gasteiger partial charge in [-0.25, -0.2) is 0 Å². The van der Waals surface area contributed by atoms with Crippen molar-refractivity contribution < 1.29 is 22.7 Å². The molecule has 27 heavy (non-hydrogen) atoms. The lowest BCUT2D eigenvalue weighted by Gasteiger charge is -2.25. The lowest BCUT2D eigenvalue weighted by molar-refractivity contribution is -0.137. The van der Waals surface area contributed by atoms with Crippen LogP contribution in [0.2, 0.25) is 0 Å². The summed E-state index contributed by atoms with van der Waals surface area (Å²) >= 11 is 0. The minimum Gasteiger partial charge on any atom is -0.497 e. The van der Waals surface area contributed by atoms with Crippen molar-refractivity contribution in [1.82, 2.24) is 10.2 Å². The van der Waals surface area contributed by atoms with Gasteiger partial charge < -0.3 is 15.0 Å². The molecule has 0 saturated heterocycles. The Balaban J connectivity index is 2.02. The highest BCUT2D eigenvalue weighted by atomic mass is 19.4. The second-order valence-corrected chi connectivity index (χ2v) is 6.44. The second kappa shape index (κ2) is 8.90. The summed E-state index contributed by atoms with van der Waals surface area (Å²) in [5.41, 5.74) is 0.541. The number of hydrogen-bond acceptors (Lipinski definition) is 3. The number of alkyl halides is 3. The number of carbonyl (C=O) groups is 1. The van der Waals surface area contributed by atoms with Gasteiger partial charge in [0.05, 0.1) is 25.1 Å². The molecule has 0 spiro atoms. The fourth-order valence-corrected chi connectivity index (χ4v) is 2.76. The number of hydrogen-bond donors (Lipinski definition) is 1. The second-order valence-electron chi connectivity index (χ2n) is 6.44. The van der Waals surface area contributed by atoms with Gasteiger partial charge in [-0.2, -0.15) is 13.2 Å². The van der Waals surface area contributed by atoms with E-state index in [0.717, 1.165) is 23.4 Å². The molecule has 1 unspecified atom stereocenters. The number of carbonyl (C=O) groups excluding carboxylic acids is 1. The van der Waals surface area contributed by atoms with E-state index < -0.39 is 11.7 Å². The Morgan fingerprint density at radius 1 is 1.15 bits per heavy atom. The predicted molar refractivity (Wildman–Crippen MR) is 97.6 cm³/mol. The van der Waals surface area contributed by atoms with Gasteiger partial charge >= 0.3 is 6.18 Å². The minimum atomic E-state index is -4.42. The molecule has 4 nitrogen and oxygen atoms in total. The largest absolute Gasteiger partial charge is 0.497 e. The fraction of sp³-hybridized carbons (Fsp3) is 0.350. The number of ether oxygens (including phenoxy) is 1. The monoisotopic (exact) mass is 380 g/mol. The standard InChI is InChI=1S/C20H23F3N2O2/c1-25(2)18(15-7-5-9-17(12-15)27-3)13-24-19(26)11-14-6-4-8-16(10-14)20(21,22)23/h4-10,12,18H,11,13H2,1-3H3,(H,24,26). The number of benzene rings is 2. The Hall–Kier alpha value is -2.54. The summed E-state index contributed by atoms with van der Waals surface area (Å²) in [5.74, 6) is 0.388. The summed E-state index contributed by atoms with van der Waals surface area (Å²) < 4.78 is 43.6. The Morgan fingerprint density at radius 3 is 2.48 bits per heavy atom. The molecule has 0 aliphatic rings. The summed E-state index contributed by atoms with van der Waals surface area (Å²) in [5, 5.41) is 2.80. The van der Waals surface area contributed by atoms with Gasteiger partial charge in [0.15, 0.2) is 0 Å². The molecule has 2 aromatic carbocycles. The molecule has 1 N–H and O–H groups in total. The first-order valence-corrected chi connectivity index (χ1v) is 8.44. The number of amides is 1. The first-order valence-electron chi connectivity index (χ1n) is 8.44. The van der Waals surface area contributed by atoms with Gasteiger partial charge in [-0.05, 0) is 43.4 Å². The van der Waals surface area contributed by atoms with E-state index in [1.54, 1.807) is 7.11 Å². The summed E-state index contributed by atoms with van der Waals surface area (Å²) in [6, 6.07) is 12.3. The number of nitrogens with zero attached hydrogens (tertiary/aromatic N) is 1. The van der Waals surface area contributed by atoms with Crippen LogP contribution >= 0.6 is 0 Å². The lowest BCUT2D eigenvalue weighted by atomic mass is 10.0. The Kier molecular flexibility index (Phi) is 6.85.